The van der Waals surface area contributed by atoms with Crippen LogP contribution in [-0.2, 0) is 4.79 Å². The maximum absolute atomic E-state index is 11.4. The lowest BCUT2D eigenvalue weighted by molar-refractivity contribution is -0.126. The van der Waals surface area contributed by atoms with Crippen molar-refractivity contribution in [1.82, 2.24) is 9.88 Å². The van der Waals surface area contributed by atoms with Crippen molar-refractivity contribution in [2.24, 2.45) is 0 Å². The number of benzene rings is 1. The number of thiazole rings is 1. The number of halogens is 1. The summed E-state index contributed by atoms with van der Waals surface area (Å²) < 4.78 is 1.05. The first-order valence-corrected chi connectivity index (χ1v) is 6.26. The zero-order valence-corrected chi connectivity index (χ0v) is 11.1. The van der Waals surface area contributed by atoms with Gasteiger partial charge in [0.1, 0.15) is 0 Å². The van der Waals surface area contributed by atoms with Crippen LogP contribution in [0.3, 0.4) is 0 Å². The monoisotopic (exact) mass is 269 g/mol. The molecule has 90 valence electrons. The lowest BCUT2D eigenvalue weighted by atomic mass is 10.3. The number of carbonyl (C=O) groups is 1. The van der Waals surface area contributed by atoms with Gasteiger partial charge in [0.15, 0.2) is 5.13 Å². The summed E-state index contributed by atoms with van der Waals surface area (Å²) in [4.78, 5) is 17.3. The van der Waals surface area contributed by atoms with Crippen molar-refractivity contribution in [3.8, 4) is 0 Å². The van der Waals surface area contributed by atoms with E-state index in [9.17, 15) is 4.79 Å². The van der Waals surface area contributed by atoms with Gasteiger partial charge in [-0.05, 0) is 18.2 Å². The molecule has 0 aliphatic carbocycles. The van der Waals surface area contributed by atoms with Crippen LogP contribution in [0.15, 0.2) is 18.2 Å². The third-order valence-electron chi connectivity index (χ3n) is 2.24. The molecule has 0 unspecified atom stereocenters. The smallest absolute Gasteiger partial charge is 0.241 e. The number of likely N-dealkylation sites (N-methyl/N-ethyl adjacent to an activating group) is 1. The zero-order valence-electron chi connectivity index (χ0n) is 9.53. The Labute approximate surface area is 108 Å². The van der Waals surface area contributed by atoms with E-state index in [0.29, 0.717) is 5.02 Å². The molecule has 1 N–H and O–H groups in total. The van der Waals surface area contributed by atoms with Crippen LogP contribution in [0.25, 0.3) is 10.2 Å². The van der Waals surface area contributed by atoms with Gasteiger partial charge in [-0.3, -0.25) is 4.79 Å². The molecule has 0 bridgehead atoms. The number of hydrogen-bond donors (Lipinski definition) is 1. The van der Waals surface area contributed by atoms with Crippen molar-refractivity contribution in [3.05, 3.63) is 23.2 Å². The normalized spacial score (nSPS) is 10.5. The lowest BCUT2D eigenvalue weighted by Gasteiger charge is -2.09. The first-order chi connectivity index (χ1) is 8.06. The van der Waals surface area contributed by atoms with Crippen molar-refractivity contribution < 1.29 is 4.79 Å². The van der Waals surface area contributed by atoms with Gasteiger partial charge < -0.3 is 10.2 Å². The van der Waals surface area contributed by atoms with Gasteiger partial charge in [0.2, 0.25) is 5.91 Å². The molecule has 0 aliphatic rings. The molecule has 1 heterocycles. The number of fused-ring (bicyclic) bond motifs is 1. The minimum absolute atomic E-state index is 0.0160. The van der Waals surface area contributed by atoms with Crippen molar-refractivity contribution >= 4 is 44.2 Å². The second kappa shape index (κ2) is 4.89. The molecule has 0 saturated carbocycles. The van der Waals surface area contributed by atoms with Crippen LogP contribution in [0.4, 0.5) is 5.13 Å². The number of rotatable bonds is 3. The van der Waals surface area contributed by atoms with Crippen LogP contribution >= 0.6 is 22.9 Å². The summed E-state index contributed by atoms with van der Waals surface area (Å²) in [5.41, 5.74) is 0.849. The molecule has 2 aromatic rings. The summed E-state index contributed by atoms with van der Waals surface area (Å²) in [5, 5.41) is 4.41. The number of nitrogens with zero attached hydrogens (tertiary/aromatic N) is 2. The van der Waals surface area contributed by atoms with Crippen LogP contribution < -0.4 is 5.32 Å². The summed E-state index contributed by atoms with van der Waals surface area (Å²) in [6.45, 7) is 0.251. The quantitative estimate of drug-likeness (QED) is 0.931. The van der Waals surface area contributed by atoms with Crippen LogP contribution in [0.2, 0.25) is 5.02 Å². The van der Waals surface area contributed by atoms with Gasteiger partial charge in [0.25, 0.3) is 0 Å². The Balaban J connectivity index is 2.12. The molecule has 0 aliphatic heterocycles. The molecule has 0 atom stereocenters. The molecule has 17 heavy (non-hydrogen) atoms. The second-order valence-corrected chi connectivity index (χ2v) is 5.24. The number of hydrogen-bond acceptors (Lipinski definition) is 4. The fourth-order valence-electron chi connectivity index (χ4n) is 1.29. The highest BCUT2D eigenvalue weighted by molar-refractivity contribution is 7.22. The standard InChI is InChI=1S/C11H12ClN3OS/c1-15(2)10(16)6-13-11-14-8-5-7(12)3-4-9(8)17-11/h3-5H,6H2,1-2H3,(H,13,14). The van der Waals surface area contributed by atoms with Crippen LogP contribution in [-0.4, -0.2) is 36.4 Å². The maximum atomic E-state index is 11.4. The minimum atomic E-state index is 0.0160. The zero-order chi connectivity index (χ0) is 12.4. The van der Waals surface area contributed by atoms with Crippen LogP contribution in [0, 0.1) is 0 Å². The fraction of sp³-hybridized carbons (Fsp3) is 0.273. The van der Waals surface area contributed by atoms with Gasteiger partial charge in [-0.2, -0.15) is 0 Å². The van der Waals surface area contributed by atoms with Crippen molar-refractivity contribution in [1.29, 1.82) is 0 Å². The number of nitrogens with one attached hydrogen (secondary N) is 1. The van der Waals surface area contributed by atoms with Crippen molar-refractivity contribution in [3.63, 3.8) is 0 Å². The van der Waals surface area contributed by atoms with Crippen LogP contribution in [0.5, 0.6) is 0 Å². The molecular weight excluding hydrogens is 258 g/mol. The summed E-state index contributed by atoms with van der Waals surface area (Å²) in [5.74, 6) is 0.0160. The molecule has 1 aromatic carbocycles. The largest absolute Gasteiger partial charge is 0.352 e. The first-order valence-electron chi connectivity index (χ1n) is 5.06. The van der Waals surface area contributed by atoms with Gasteiger partial charge in [-0.1, -0.05) is 22.9 Å². The predicted octanol–water partition coefficient (Wildman–Crippen LogP) is 2.45. The van der Waals surface area contributed by atoms with Gasteiger partial charge in [-0.25, -0.2) is 4.98 Å². The molecule has 1 aromatic heterocycles. The van der Waals surface area contributed by atoms with Gasteiger partial charge in [0, 0.05) is 19.1 Å². The molecule has 6 heteroatoms. The highest BCUT2D eigenvalue weighted by Gasteiger charge is 2.07. The van der Waals surface area contributed by atoms with E-state index in [4.69, 9.17) is 11.6 Å². The molecule has 4 nitrogen and oxygen atoms in total. The third-order valence-corrected chi connectivity index (χ3v) is 3.47. The van der Waals surface area contributed by atoms with E-state index in [0.717, 1.165) is 15.3 Å². The van der Waals surface area contributed by atoms with Gasteiger partial charge in [-0.15, -0.1) is 0 Å². The first kappa shape index (κ1) is 12.1. The molecule has 2 rings (SSSR count). The molecule has 0 radical (unpaired) electrons. The third kappa shape index (κ3) is 2.87. The Morgan fingerprint density at radius 1 is 1.53 bits per heavy atom. The van der Waals surface area contributed by atoms with Crippen LogP contribution in [0.1, 0.15) is 0 Å². The molecule has 0 saturated heterocycles. The van der Waals surface area contributed by atoms with Gasteiger partial charge >= 0.3 is 0 Å². The minimum Gasteiger partial charge on any atom is -0.352 e. The number of carbonyl (C=O) groups excluding carboxylic acids is 1. The van der Waals surface area contributed by atoms with Crippen molar-refractivity contribution in [2.45, 2.75) is 0 Å². The summed E-state index contributed by atoms with van der Waals surface area (Å²) >= 11 is 7.39. The van der Waals surface area contributed by atoms with E-state index in [2.05, 4.69) is 10.3 Å². The van der Waals surface area contributed by atoms with E-state index in [1.54, 1.807) is 14.1 Å². The Hall–Kier alpha value is -1.33. The van der Waals surface area contributed by atoms with E-state index in [1.165, 1.54) is 16.2 Å². The SMILES string of the molecule is CN(C)C(=O)CNc1nc2cc(Cl)ccc2s1. The topological polar surface area (TPSA) is 45.2 Å². The number of aromatic nitrogens is 1. The maximum Gasteiger partial charge on any atom is 0.241 e. The Kier molecular flexibility index (Phi) is 3.49. The molecule has 1 amide bonds. The number of anilines is 1. The Morgan fingerprint density at radius 3 is 3.00 bits per heavy atom. The molecular formula is C11H12ClN3OS. The Bertz CT molecular complexity index is 553. The van der Waals surface area contributed by atoms with Crippen molar-refractivity contribution in [2.75, 3.05) is 26.0 Å². The highest BCUT2D eigenvalue weighted by atomic mass is 35.5. The van der Waals surface area contributed by atoms with E-state index in [-0.39, 0.29) is 12.5 Å². The summed E-state index contributed by atoms with van der Waals surface area (Å²) in [6, 6.07) is 5.57. The fourth-order valence-corrected chi connectivity index (χ4v) is 2.29. The second-order valence-electron chi connectivity index (χ2n) is 3.77. The number of amides is 1. The Morgan fingerprint density at radius 2 is 2.29 bits per heavy atom. The highest BCUT2D eigenvalue weighted by Crippen LogP contribution is 2.27. The van der Waals surface area contributed by atoms with E-state index < -0.39 is 0 Å². The average molecular weight is 270 g/mol. The van der Waals surface area contributed by atoms with E-state index >= 15 is 0 Å². The molecule has 0 fully saturated rings. The lowest BCUT2D eigenvalue weighted by Crippen LogP contribution is -2.28. The summed E-state index contributed by atoms with van der Waals surface area (Å²) in [7, 11) is 3.45. The molecule has 0 spiro atoms. The summed E-state index contributed by atoms with van der Waals surface area (Å²) in [6.07, 6.45) is 0. The van der Waals surface area contributed by atoms with Gasteiger partial charge in [0.05, 0.1) is 16.8 Å². The van der Waals surface area contributed by atoms with E-state index in [1.807, 2.05) is 18.2 Å². The average Bonchev–Trinajstić information content (AvgIpc) is 2.67. The predicted molar refractivity (Wildman–Crippen MR) is 71.8 cm³/mol.